The number of halogens is 1. The van der Waals surface area contributed by atoms with Crippen molar-refractivity contribution in [2.45, 2.75) is 39.2 Å². The van der Waals surface area contributed by atoms with Gasteiger partial charge in [-0.2, -0.15) is 0 Å². The Morgan fingerprint density at radius 1 is 1.53 bits per heavy atom. The summed E-state index contributed by atoms with van der Waals surface area (Å²) in [6.45, 7) is 4.65. The first kappa shape index (κ1) is 12.6. The summed E-state index contributed by atoms with van der Waals surface area (Å²) in [5.41, 5.74) is 1.12. The summed E-state index contributed by atoms with van der Waals surface area (Å²) in [5.74, 6) is 1.20. The van der Waals surface area contributed by atoms with Crippen LogP contribution in [0.25, 0.3) is 0 Å². The van der Waals surface area contributed by atoms with Crippen molar-refractivity contribution >= 4 is 27.5 Å². The molecule has 1 atom stereocenters. The normalized spacial score (nSPS) is 20.4. The molecule has 1 unspecified atom stereocenters. The molecule has 1 aliphatic heterocycles. The lowest BCUT2D eigenvalue weighted by Crippen LogP contribution is -2.44. The lowest BCUT2D eigenvalue weighted by Gasteiger charge is -2.35. The molecule has 17 heavy (non-hydrogen) atoms. The number of hydrogen-bond donors (Lipinski definition) is 0. The van der Waals surface area contributed by atoms with E-state index in [1.165, 1.54) is 0 Å². The molecule has 4 heteroatoms. The summed E-state index contributed by atoms with van der Waals surface area (Å²) in [6, 6.07) is 2.06. The van der Waals surface area contributed by atoms with Crippen LogP contribution in [0.5, 0.6) is 0 Å². The lowest BCUT2D eigenvalue weighted by molar-refractivity contribution is -0.118. The highest BCUT2D eigenvalue weighted by atomic mass is 79.9. The third-order valence-corrected chi connectivity index (χ3v) is 3.70. The third-order valence-electron chi connectivity index (χ3n) is 3.26. The van der Waals surface area contributed by atoms with Gasteiger partial charge in [0.05, 0.1) is 6.04 Å². The average molecular weight is 297 g/mol. The molecule has 0 saturated carbocycles. The molecule has 1 aromatic rings. The quantitative estimate of drug-likeness (QED) is 0.841. The van der Waals surface area contributed by atoms with Gasteiger partial charge in [-0.05, 0) is 60.7 Å². The van der Waals surface area contributed by atoms with E-state index < -0.39 is 0 Å². The number of carbonyl (C=O) groups is 1. The van der Waals surface area contributed by atoms with E-state index >= 15 is 0 Å². The predicted molar refractivity (Wildman–Crippen MR) is 72.3 cm³/mol. The van der Waals surface area contributed by atoms with Gasteiger partial charge in [-0.15, -0.1) is 0 Å². The van der Waals surface area contributed by atoms with Crippen LogP contribution in [0.4, 0.5) is 5.82 Å². The van der Waals surface area contributed by atoms with Crippen LogP contribution in [0.3, 0.4) is 0 Å². The zero-order valence-electron chi connectivity index (χ0n) is 10.2. The van der Waals surface area contributed by atoms with Crippen LogP contribution in [-0.2, 0) is 4.79 Å². The first-order chi connectivity index (χ1) is 8.09. The number of hydrogen-bond acceptors (Lipinski definition) is 3. The van der Waals surface area contributed by atoms with Crippen molar-refractivity contribution in [1.29, 1.82) is 0 Å². The maximum Gasteiger partial charge on any atom is 0.152 e. The molecule has 1 aliphatic rings. The summed E-state index contributed by atoms with van der Waals surface area (Å²) in [5, 5.41) is 0. The Balaban J connectivity index is 2.32. The number of aryl methyl sites for hydroxylation is 1. The van der Waals surface area contributed by atoms with Crippen molar-refractivity contribution in [2.24, 2.45) is 0 Å². The number of nitrogens with zero attached hydrogens (tertiary/aromatic N) is 2. The second-order valence-electron chi connectivity index (χ2n) is 4.61. The highest BCUT2D eigenvalue weighted by molar-refractivity contribution is 9.10. The van der Waals surface area contributed by atoms with E-state index in [0.717, 1.165) is 41.7 Å². The molecule has 0 spiro atoms. The summed E-state index contributed by atoms with van der Waals surface area (Å²) in [4.78, 5) is 18.3. The molecule has 0 amide bonds. The first-order valence-corrected chi connectivity index (χ1v) is 6.78. The summed E-state index contributed by atoms with van der Waals surface area (Å²) in [7, 11) is 0. The van der Waals surface area contributed by atoms with Crippen molar-refractivity contribution in [3.8, 4) is 0 Å². The first-order valence-electron chi connectivity index (χ1n) is 5.99. The average Bonchev–Trinajstić information content (AvgIpc) is 2.29. The Kier molecular flexibility index (Phi) is 3.82. The lowest BCUT2D eigenvalue weighted by atomic mass is 9.98. The minimum absolute atomic E-state index is 0.0103. The Morgan fingerprint density at radius 2 is 2.29 bits per heavy atom. The number of anilines is 1. The number of Topliss-reactive ketones (excluding diaryl/α,β-unsaturated/α-hetero) is 1. The Hall–Kier alpha value is -0.900. The van der Waals surface area contributed by atoms with E-state index in [1.54, 1.807) is 13.1 Å². The van der Waals surface area contributed by atoms with Crippen LogP contribution in [0.2, 0.25) is 0 Å². The second kappa shape index (κ2) is 5.17. The number of carbonyl (C=O) groups excluding carboxylic acids is 1. The number of rotatable bonds is 2. The molecule has 3 nitrogen and oxygen atoms in total. The van der Waals surface area contributed by atoms with Gasteiger partial charge in [0.1, 0.15) is 5.82 Å². The van der Waals surface area contributed by atoms with E-state index in [2.05, 4.69) is 25.8 Å². The van der Waals surface area contributed by atoms with Crippen LogP contribution in [0.1, 0.15) is 31.7 Å². The fraction of sp³-hybridized carbons (Fsp3) is 0.538. The third kappa shape index (κ3) is 2.68. The van der Waals surface area contributed by atoms with Crippen molar-refractivity contribution in [2.75, 3.05) is 11.4 Å². The monoisotopic (exact) mass is 296 g/mol. The standard InChI is InChI=1S/C13H17BrN2O/c1-9-7-11(14)8-15-13(9)16-6-4-3-5-12(16)10(2)17/h7-8,12H,3-6H2,1-2H3. The molecule has 2 rings (SSSR count). The summed E-state index contributed by atoms with van der Waals surface area (Å²) in [6.07, 6.45) is 5.03. The molecule has 0 aromatic carbocycles. The molecule has 0 N–H and O–H groups in total. The van der Waals surface area contributed by atoms with E-state index in [-0.39, 0.29) is 11.8 Å². The van der Waals surface area contributed by atoms with Crippen LogP contribution in [0, 0.1) is 6.92 Å². The minimum atomic E-state index is 0.0103. The number of piperidine rings is 1. The number of ketones is 1. The van der Waals surface area contributed by atoms with Gasteiger partial charge in [-0.25, -0.2) is 4.98 Å². The molecule has 1 saturated heterocycles. The van der Waals surface area contributed by atoms with Crippen molar-refractivity contribution < 1.29 is 4.79 Å². The smallest absolute Gasteiger partial charge is 0.152 e. The van der Waals surface area contributed by atoms with Gasteiger partial charge in [-0.1, -0.05) is 0 Å². The van der Waals surface area contributed by atoms with E-state index in [4.69, 9.17) is 0 Å². The SMILES string of the molecule is CC(=O)C1CCCCN1c1ncc(Br)cc1C. The molecule has 1 aromatic heterocycles. The maximum absolute atomic E-state index is 11.7. The van der Waals surface area contributed by atoms with Crippen LogP contribution >= 0.6 is 15.9 Å². The van der Waals surface area contributed by atoms with Gasteiger partial charge < -0.3 is 4.90 Å². The molecule has 2 heterocycles. The molecular formula is C13H17BrN2O. The van der Waals surface area contributed by atoms with E-state index in [1.807, 2.05) is 13.0 Å². The molecule has 0 bridgehead atoms. The summed E-state index contributed by atoms with van der Waals surface area (Å²) < 4.78 is 0.982. The van der Waals surface area contributed by atoms with Gasteiger partial charge in [0.2, 0.25) is 0 Å². The Labute approximate surface area is 110 Å². The fourth-order valence-electron chi connectivity index (χ4n) is 2.44. The van der Waals surface area contributed by atoms with E-state index in [0.29, 0.717) is 0 Å². The highest BCUT2D eigenvalue weighted by Gasteiger charge is 2.27. The van der Waals surface area contributed by atoms with Crippen molar-refractivity contribution in [3.63, 3.8) is 0 Å². The van der Waals surface area contributed by atoms with E-state index in [9.17, 15) is 4.79 Å². The predicted octanol–water partition coefficient (Wildman–Crippen LogP) is 3.10. The van der Waals surface area contributed by atoms with Gasteiger partial charge in [0.15, 0.2) is 5.78 Å². The largest absolute Gasteiger partial charge is 0.346 e. The maximum atomic E-state index is 11.7. The molecular weight excluding hydrogens is 280 g/mol. The van der Waals surface area contributed by atoms with Gasteiger partial charge in [0.25, 0.3) is 0 Å². The Morgan fingerprint density at radius 3 is 2.94 bits per heavy atom. The number of pyridine rings is 1. The van der Waals surface area contributed by atoms with Gasteiger partial charge in [0, 0.05) is 17.2 Å². The van der Waals surface area contributed by atoms with Gasteiger partial charge in [-0.3, -0.25) is 4.79 Å². The number of aromatic nitrogens is 1. The van der Waals surface area contributed by atoms with Crippen molar-refractivity contribution in [1.82, 2.24) is 4.98 Å². The molecule has 1 fully saturated rings. The topological polar surface area (TPSA) is 33.2 Å². The summed E-state index contributed by atoms with van der Waals surface area (Å²) >= 11 is 3.42. The molecule has 0 aliphatic carbocycles. The molecule has 92 valence electrons. The Bertz CT molecular complexity index is 433. The van der Waals surface area contributed by atoms with Crippen LogP contribution in [-0.4, -0.2) is 23.4 Å². The molecule has 0 radical (unpaired) electrons. The van der Waals surface area contributed by atoms with Crippen molar-refractivity contribution in [3.05, 3.63) is 22.3 Å². The van der Waals surface area contributed by atoms with Crippen LogP contribution < -0.4 is 4.90 Å². The highest BCUT2D eigenvalue weighted by Crippen LogP contribution is 2.27. The minimum Gasteiger partial charge on any atom is -0.346 e. The zero-order chi connectivity index (χ0) is 12.4. The van der Waals surface area contributed by atoms with Gasteiger partial charge >= 0.3 is 0 Å². The fourth-order valence-corrected chi connectivity index (χ4v) is 2.89. The zero-order valence-corrected chi connectivity index (χ0v) is 11.8. The van der Waals surface area contributed by atoms with Crippen LogP contribution in [0.15, 0.2) is 16.7 Å². The second-order valence-corrected chi connectivity index (χ2v) is 5.53.